The Bertz CT molecular complexity index is 1320. The van der Waals surface area contributed by atoms with Crippen LogP contribution in [0.3, 0.4) is 0 Å². The van der Waals surface area contributed by atoms with Gasteiger partial charge in [0.25, 0.3) is 0 Å². The fourth-order valence-electron chi connectivity index (χ4n) is 6.39. The normalized spacial score (nSPS) is 23.2. The minimum absolute atomic E-state index is 0.0416. The van der Waals surface area contributed by atoms with Gasteiger partial charge in [0.2, 0.25) is 11.8 Å². The number of rotatable bonds is 10. The lowest BCUT2D eigenvalue weighted by Gasteiger charge is -2.41. The molecular formula is C32H38N2O7. The molecule has 0 saturated heterocycles. The quantitative estimate of drug-likeness (QED) is 0.380. The Hall–Kier alpha value is -3.69. The van der Waals surface area contributed by atoms with Crippen LogP contribution in [-0.4, -0.2) is 71.7 Å². The van der Waals surface area contributed by atoms with Gasteiger partial charge in [-0.15, -0.1) is 0 Å². The van der Waals surface area contributed by atoms with E-state index in [4.69, 9.17) is 9.47 Å². The second-order valence-corrected chi connectivity index (χ2v) is 11.3. The van der Waals surface area contributed by atoms with Crippen LogP contribution in [0.2, 0.25) is 0 Å². The minimum atomic E-state index is -1.16. The van der Waals surface area contributed by atoms with Gasteiger partial charge in [-0.25, -0.2) is 0 Å². The molecule has 1 aliphatic heterocycles. The molecule has 4 unspecified atom stereocenters. The maximum absolute atomic E-state index is 13.9. The molecule has 1 fully saturated rings. The Kier molecular flexibility index (Phi) is 8.75. The fraction of sp³-hybridized carbons (Fsp3) is 0.469. The van der Waals surface area contributed by atoms with Gasteiger partial charge in [0.05, 0.1) is 25.7 Å². The van der Waals surface area contributed by atoms with Gasteiger partial charge < -0.3 is 29.9 Å². The summed E-state index contributed by atoms with van der Waals surface area (Å²) < 4.78 is 11.8. The molecular weight excluding hydrogens is 524 g/mol. The van der Waals surface area contributed by atoms with Crippen molar-refractivity contribution >= 4 is 18.1 Å². The molecule has 0 radical (unpaired) electrons. The molecule has 4 atom stereocenters. The average molecular weight is 563 g/mol. The zero-order valence-electron chi connectivity index (χ0n) is 23.5. The number of amides is 2. The Morgan fingerprint density at radius 3 is 2.56 bits per heavy atom. The molecule has 9 heteroatoms. The lowest BCUT2D eigenvalue weighted by Crippen LogP contribution is -2.55. The molecule has 0 aromatic heterocycles. The number of hydrogen-bond acceptors (Lipinski definition) is 7. The second-order valence-electron chi connectivity index (χ2n) is 11.3. The Balaban J connectivity index is 1.57. The van der Waals surface area contributed by atoms with Crippen LogP contribution < -0.4 is 14.8 Å². The maximum Gasteiger partial charge on any atom is 0.247 e. The van der Waals surface area contributed by atoms with Gasteiger partial charge in [-0.1, -0.05) is 42.7 Å². The lowest BCUT2D eigenvalue weighted by atomic mass is 9.77. The number of hydrogen-bond donors (Lipinski definition) is 3. The highest BCUT2D eigenvalue weighted by molar-refractivity contribution is 5.96. The SMILES string of the molecule is COc1cc(C=O)cc2c1OC1C2C(C(=O)NCCO)=CC(N(Cc2ccc(C)cc2)C(=O)CC2CCCC2)C1O. The molecule has 1 heterocycles. The number of aryl methyl sites for hydroxylation is 1. The molecule has 2 amide bonds. The van der Waals surface area contributed by atoms with E-state index in [0.29, 0.717) is 46.8 Å². The number of nitrogens with one attached hydrogen (secondary N) is 1. The number of fused-ring (bicyclic) bond motifs is 3. The van der Waals surface area contributed by atoms with Gasteiger partial charge in [0.1, 0.15) is 18.5 Å². The minimum Gasteiger partial charge on any atom is -0.493 e. The third kappa shape index (κ3) is 5.87. The predicted molar refractivity (Wildman–Crippen MR) is 152 cm³/mol. The largest absolute Gasteiger partial charge is 0.493 e. The number of methoxy groups -OCH3 is 1. The van der Waals surface area contributed by atoms with Gasteiger partial charge in [-0.3, -0.25) is 14.4 Å². The number of aldehydes is 1. The van der Waals surface area contributed by atoms with E-state index in [9.17, 15) is 24.6 Å². The van der Waals surface area contributed by atoms with Crippen molar-refractivity contribution in [3.63, 3.8) is 0 Å². The summed E-state index contributed by atoms with van der Waals surface area (Å²) in [5.41, 5.74) is 3.23. The topological polar surface area (TPSA) is 125 Å². The number of nitrogens with zero attached hydrogens (tertiary/aromatic N) is 1. The number of ether oxygens (including phenoxy) is 2. The van der Waals surface area contributed by atoms with Crippen molar-refractivity contribution in [1.29, 1.82) is 0 Å². The summed E-state index contributed by atoms with van der Waals surface area (Å²) in [5.74, 6) is -0.234. The van der Waals surface area contributed by atoms with Crippen LogP contribution >= 0.6 is 0 Å². The number of carbonyl (C=O) groups excluding carboxylic acids is 3. The first-order valence-corrected chi connectivity index (χ1v) is 14.3. The molecule has 1 saturated carbocycles. The summed E-state index contributed by atoms with van der Waals surface area (Å²) in [6.45, 7) is 2.06. The summed E-state index contributed by atoms with van der Waals surface area (Å²) in [6, 6.07) is 10.3. The van der Waals surface area contributed by atoms with Gasteiger partial charge in [-0.2, -0.15) is 0 Å². The summed E-state index contributed by atoms with van der Waals surface area (Å²) in [5, 5.41) is 23.9. The van der Waals surface area contributed by atoms with Crippen molar-refractivity contribution < 1.29 is 34.1 Å². The zero-order valence-corrected chi connectivity index (χ0v) is 23.5. The third-order valence-electron chi connectivity index (χ3n) is 8.50. The van der Waals surface area contributed by atoms with Crippen molar-refractivity contribution in [3.8, 4) is 11.5 Å². The summed E-state index contributed by atoms with van der Waals surface area (Å²) in [4.78, 5) is 40.8. The van der Waals surface area contributed by atoms with Crippen molar-refractivity contribution in [2.45, 2.75) is 69.7 Å². The molecule has 218 valence electrons. The molecule has 0 bridgehead atoms. The van der Waals surface area contributed by atoms with Crippen LogP contribution in [0.4, 0.5) is 0 Å². The molecule has 0 spiro atoms. The summed E-state index contributed by atoms with van der Waals surface area (Å²) in [7, 11) is 1.46. The van der Waals surface area contributed by atoms with E-state index in [2.05, 4.69) is 5.32 Å². The Morgan fingerprint density at radius 2 is 1.90 bits per heavy atom. The first-order chi connectivity index (χ1) is 19.8. The highest BCUT2D eigenvalue weighted by Gasteiger charge is 2.51. The van der Waals surface area contributed by atoms with E-state index in [1.807, 2.05) is 31.2 Å². The van der Waals surface area contributed by atoms with Crippen molar-refractivity contribution in [3.05, 3.63) is 70.3 Å². The molecule has 3 N–H and O–H groups in total. The van der Waals surface area contributed by atoms with Gasteiger partial charge in [0, 0.05) is 36.2 Å². The number of carbonyl (C=O) groups is 3. The van der Waals surface area contributed by atoms with Gasteiger partial charge in [0.15, 0.2) is 11.5 Å². The predicted octanol–water partition coefficient (Wildman–Crippen LogP) is 3.05. The van der Waals surface area contributed by atoms with Crippen molar-refractivity contribution in [2.75, 3.05) is 20.3 Å². The highest BCUT2D eigenvalue weighted by atomic mass is 16.5. The number of aliphatic hydroxyl groups is 2. The highest BCUT2D eigenvalue weighted by Crippen LogP contribution is 2.51. The molecule has 3 aliphatic rings. The van der Waals surface area contributed by atoms with E-state index < -0.39 is 30.1 Å². The zero-order chi connectivity index (χ0) is 29.1. The maximum atomic E-state index is 13.9. The van der Waals surface area contributed by atoms with E-state index in [-0.39, 0.29) is 25.6 Å². The second kappa shape index (κ2) is 12.4. The smallest absolute Gasteiger partial charge is 0.247 e. The summed E-state index contributed by atoms with van der Waals surface area (Å²) >= 11 is 0. The first kappa shape index (κ1) is 28.8. The van der Waals surface area contributed by atoms with Crippen LogP contribution in [0.15, 0.2) is 48.0 Å². The van der Waals surface area contributed by atoms with E-state index in [1.165, 1.54) is 7.11 Å². The molecule has 2 aromatic rings. The van der Waals surface area contributed by atoms with Crippen molar-refractivity contribution in [1.82, 2.24) is 10.2 Å². The van der Waals surface area contributed by atoms with E-state index >= 15 is 0 Å². The van der Waals surface area contributed by atoms with Crippen LogP contribution in [0.5, 0.6) is 11.5 Å². The molecule has 2 aliphatic carbocycles. The Morgan fingerprint density at radius 1 is 1.17 bits per heavy atom. The fourth-order valence-corrected chi connectivity index (χ4v) is 6.39. The standard InChI is InChI=1S/C32H38N2O7/c1-19-7-9-21(10-8-19)17-34(27(37)15-20-5-3-4-6-20)25-16-24(32(39)33-11-12-35)28-23-13-22(18-36)14-26(40-2)30(23)41-31(28)29(25)38/h7-10,13-14,16,18,20,25,28-29,31,35,38H,3-6,11-12,15,17H2,1-2H3,(H,33,39). The van der Waals surface area contributed by atoms with Crippen molar-refractivity contribution in [2.24, 2.45) is 5.92 Å². The molecule has 9 nitrogen and oxygen atoms in total. The first-order valence-electron chi connectivity index (χ1n) is 14.3. The Labute approximate surface area is 240 Å². The van der Waals surface area contributed by atoms with Gasteiger partial charge in [-0.05, 0) is 49.5 Å². The molecule has 41 heavy (non-hydrogen) atoms. The van der Waals surface area contributed by atoms with E-state index in [1.54, 1.807) is 23.1 Å². The number of aliphatic hydroxyl groups excluding tert-OH is 2. The van der Waals surface area contributed by atoms with E-state index in [0.717, 1.165) is 36.8 Å². The third-order valence-corrected chi connectivity index (χ3v) is 8.50. The van der Waals surface area contributed by atoms with Crippen LogP contribution in [0.1, 0.15) is 65.1 Å². The molecule has 5 rings (SSSR count). The summed E-state index contributed by atoms with van der Waals surface area (Å²) in [6.07, 6.45) is 4.90. The van der Waals surface area contributed by atoms with Crippen LogP contribution in [0.25, 0.3) is 0 Å². The average Bonchev–Trinajstić information content (AvgIpc) is 3.64. The number of benzene rings is 2. The van der Waals surface area contributed by atoms with Crippen LogP contribution in [0, 0.1) is 12.8 Å². The molecule has 2 aromatic carbocycles. The van der Waals surface area contributed by atoms with Gasteiger partial charge >= 0.3 is 0 Å². The van der Waals surface area contributed by atoms with Crippen LogP contribution in [-0.2, 0) is 16.1 Å². The lowest BCUT2D eigenvalue weighted by molar-refractivity contribution is -0.139. The monoisotopic (exact) mass is 562 g/mol.